The molecule has 0 aromatic heterocycles. The van der Waals surface area contributed by atoms with Gasteiger partial charge in [0.05, 0.1) is 0 Å². The van der Waals surface area contributed by atoms with Crippen molar-refractivity contribution in [2.45, 2.75) is 71.3 Å². The Morgan fingerprint density at radius 3 is 2.50 bits per heavy atom. The first-order valence-electron chi connectivity index (χ1n) is 8.06. The zero-order valence-electron chi connectivity index (χ0n) is 12.5. The standard InChI is InChI=1S/C16H32N2/c1-16(2,13-17)10-6-12-18-11-5-9-15(18)14-7-3-4-8-14/h14-15H,3-13,17H2,1-2H3. The Morgan fingerprint density at radius 2 is 1.83 bits per heavy atom. The highest BCUT2D eigenvalue weighted by atomic mass is 15.2. The zero-order chi connectivity index (χ0) is 13.0. The van der Waals surface area contributed by atoms with Crippen LogP contribution >= 0.6 is 0 Å². The van der Waals surface area contributed by atoms with Crippen LogP contribution in [0.5, 0.6) is 0 Å². The fourth-order valence-electron chi connectivity index (χ4n) is 3.87. The lowest BCUT2D eigenvalue weighted by atomic mass is 9.88. The molecule has 2 rings (SSSR count). The van der Waals surface area contributed by atoms with Crippen LogP contribution in [0.3, 0.4) is 0 Å². The predicted molar refractivity (Wildman–Crippen MR) is 78.6 cm³/mol. The maximum Gasteiger partial charge on any atom is 0.0124 e. The van der Waals surface area contributed by atoms with Gasteiger partial charge in [-0.3, -0.25) is 0 Å². The molecule has 2 fully saturated rings. The van der Waals surface area contributed by atoms with Gasteiger partial charge in [-0.1, -0.05) is 26.7 Å². The second-order valence-electron chi connectivity index (χ2n) is 7.26. The summed E-state index contributed by atoms with van der Waals surface area (Å²) in [6.45, 7) is 8.07. The molecule has 1 aliphatic carbocycles. The first-order chi connectivity index (χ1) is 8.62. The van der Waals surface area contributed by atoms with Crippen LogP contribution in [0.4, 0.5) is 0 Å². The van der Waals surface area contributed by atoms with Gasteiger partial charge in [0.15, 0.2) is 0 Å². The van der Waals surface area contributed by atoms with Gasteiger partial charge < -0.3 is 10.6 Å². The van der Waals surface area contributed by atoms with Gasteiger partial charge in [0.25, 0.3) is 0 Å². The van der Waals surface area contributed by atoms with Gasteiger partial charge in [0, 0.05) is 6.04 Å². The second-order valence-corrected chi connectivity index (χ2v) is 7.26. The molecule has 1 unspecified atom stereocenters. The van der Waals surface area contributed by atoms with Crippen molar-refractivity contribution in [3.05, 3.63) is 0 Å². The summed E-state index contributed by atoms with van der Waals surface area (Å²) >= 11 is 0. The molecule has 106 valence electrons. The van der Waals surface area contributed by atoms with Crippen molar-refractivity contribution in [1.29, 1.82) is 0 Å². The average molecular weight is 252 g/mol. The highest BCUT2D eigenvalue weighted by Crippen LogP contribution is 2.35. The van der Waals surface area contributed by atoms with E-state index in [1.165, 1.54) is 64.5 Å². The predicted octanol–water partition coefficient (Wildman–Crippen LogP) is 3.41. The number of nitrogens with zero attached hydrogens (tertiary/aromatic N) is 1. The third kappa shape index (κ3) is 3.71. The van der Waals surface area contributed by atoms with Gasteiger partial charge in [-0.05, 0) is 69.5 Å². The second kappa shape index (κ2) is 6.38. The summed E-state index contributed by atoms with van der Waals surface area (Å²) in [7, 11) is 0. The topological polar surface area (TPSA) is 29.3 Å². The fraction of sp³-hybridized carbons (Fsp3) is 1.00. The smallest absolute Gasteiger partial charge is 0.0124 e. The summed E-state index contributed by atoms with van der Waals surface area (Å²) in [4.78, 5) is 2.79. The maximum atomic E-state index is 5.81. The minimum absolute atomic E-state index is 0.336. The molecular weight excluding hydrogens is 220 g/mol. The molecular formula is C16H32N2. The molecule has 0 spiro atoms. The molecule has 1 heterocycles. The quantitative estimate of drug-likeness (QED) is 0.785. The van der Waals surface area contributed by atoms with Gasteiger partial charge in [-0.15, -0.1) is 0 Å². The Labute approximate surface area is 113 Å². The Morgan fingerprint density at radius 1 is 1.11 bits per heavy atom. The van der Waals surface area contributed by atoms with E-state index >= 15 is 0 Å². The van der Waals surface area contributed by atoms with Crippen LogP contribution < -0.4 is 5.73 Å². The fourth-order valence-corrected chi connectivity index (χ4v) is 3.87. The van der Waals surface area contributed by atoms with Crippen molar-refractivity contribution < 1.29 is 0 Å². The molecule has 0 aromatic rings. The summed E-state index contributed by atoms with van der Waals surface area (Å²) in [6, 6.07) is 0.925. The van der Waals surface area contributed by atoms with Gasteiger partial charge >= 0.3 is 0 Å². The van der Waals surface area contributed by atoms with E-state index in [1.54, 1.807) is 0 Å². The van der Waals surface area contributed by atoms with E-state index in [9.17, 15) is 0 Å². The van der Waals surface area contributed by atoms with E-state index < -0.39 is 0 Å². The molecule has 2 N–H and O–H groups in total. The highest BCUT2D eigenvalue weighted by Gasteiger charge is 2.32. The number of rotatable bonds is 6. The van der Waals surface area contributed by atoms with Crippen LogP contribution in [0, 0.1) is 11.3 Å². The van der Waals surface area contributed by atoms with Crippen LogP contribution in [0.1, 0.15) is 65.2 Å². The lowest BCUT2D eigenvalue weighted by Gasteiger charge is -2.30. The first-order valence-corrected chi connectivity index (χ1v) is 8.06. The molecule has 0 amide bonds. The molecule has 1 saturated carbocycles. The molecule has 1 saturated heterocycles. The van der Waals surface area contributed by atoms with Crippen molar-refractivity contribution in [1.82, 2.24) is 4.90 Å². The van der Waals surface area contributed by atoms with E-state index in [2.05, 4.69) is 18.7 Å². The lowest BCUT2D eigenvalue weighted by Crippen LogP contribution is -2.36. The SMILES string of the molecule is CC(C)(CN)CCCN1CCCC1C1CCCC1. The van der Waals surface area contributed by atoms with Crippen molar-refractivity contribution in [2.75, 3.05) is 19.6 Å². The van der Waals surface area contributed by atoms with E-state index in [0.717, 1.165) is 18.5 Å². The number of hydrogen-bond donors (Lipinski definition) is 1. The summed E-state index contributed by atoms with van der Waals surface area (Å²) in [6.07, 6.45) is 11.5. The number of hydrogen-bond acceptors (Lipinski definition) is 2. The molecule has 2 aliphatic rings. The van der Waals surface area contributed by atoms with Crippen LogP contribution in [-0.2, 0) is 0 Å². The molecule has 2 nitrogen and oxygen atoms in total. The largest absolute Gasteiger partial charge is 0.330 e. The molecule has 1 aliphatic heterocycles. The summed E-state index contributed by atoms with van der Waals surface area (Å²) in [5.74, 6) is 1.02. The van der Waals surface area contributed by atoms with Gasteiger partial charge in [-0.25, -0.2) is 0 Å². The summed E-state index contributed by atoms with van der Waals surface area (Å²) in [5.41, 5.74) is 6.15. The van der Waals surface area contributed by atoms with E-state index in [1.807, 2.05) is 0 Å². The van der Waals surface area contributed by atoms with Gasteiger partial charge in [0.1, 0.15) is 0 Å². The molecule has 0 bridgehead atoms. The van der Waals surface area contributed by atoms with Crippen LogP contribution in [0.15, 0.2) is 0 Å². The molecule has 1 atom stereocenters. The Hall–Kier alpha value is -0.0800. The monoisotopic (exact) mass is 252 g/mol. The van der Waals surface area contributed by atoms with Crippen molar-refractivity contribution >= 4 is 0 Å². The van der Waals surface area contributed by atoms with Gasteiger partial charge in [0.2, 0.25) is 0 Å². The normalized spacial score (nSPS) is 27.2. The van der Waals surface area contributed by atoms with E-state index in [-0.39, 0.29) is 0 Å². The van der Waals surface area contributed by atoms with E-state index in [0.29, 0.717) is 5.41 Å². The van der Waals surface area contributed by atoms with Gasteiger partial charge in [-0.2, -0.15) is 0 Å². The van der Waals surface area contributed by atoms with E-state index in [4.69, 9.17) is 5.73 Å². The maximum absolute atomic E-state index is 5.81. The number of likely N-dealkylation sites (tertiary alicyclic amines) is 1. The van der Waals surface area contributed by atoms with Crippen molar-refractivity contribution in [3.63, 3.8) is 0 Å². The molecule has 0 aromatic carbocycles. The summed E-state index contributed by atoms with van der Waals surface area (Å²) < 4.78 is 0. The van der Waals surface area contributed by atoms with Crippen LogP contribution in [-0.4, -0.2) is 30.6 Å². The zero-order valence-corrected chi connectivity index (χ0v) is 12.5. The Kier molecular flexibility index (Phi) is 5.08. The number of nitrogens with two attached hydrogens (primary N) is 1. The molecule has 2 heteroatoms. The van der Waals surface area contributed by atoms with Crippen molar-refractivity contribution in [2.24, 2.45) is 17.1 Å². The van der Waals surface area contributed by atoms with Crippen LogP contribution in [0.25, 0.3) is 0 Å². The van der Waals surface area contributed by atoms with Crippen molar-refractivity contribution in [3.8, 4) is 0 Å². The molecule has 0 radical (unpaired) electrons. The minimum Gasteiger partial charge on any atom is -0.330 e. The van der Waals surface area contributed by atoms with Crippen LogP contribution in [0.2, 0.25) is 0 Å². The Bertz CT molecular complexity index is 243. The third-order valence-corrected chi connectivity index (χ3v) is 5.21. The Balaban J connectivity index is 1.74. The third-order valence-electron chi connectivity index (χ3n) is 5.21. The highest BCUT2D eigenvalue weighted by molar-refractivity contribution is 4.87. The average Bonchev–Trinajstić information content (AvgIpc) is 2.98. The summed E-state index contributed by atoms with van der Waals surface area (Å²) in [5, 5.41) is 0. The first kappa shape index (κ1) is 14.3. The minimum atomic E-state index is 0.336. The molecule has 18 heavy (non-hydrogen) atoms. The lowest BCUT2D eigenvalue weighted by molar-refractivity contribution is 0.178.